The molecule has 0 saturated carbocycles. The van der Waals surface area contributed by atoms with Crippen LogP contribution in [0.1, 0.15) is 6.42 Å². The van der Waals surface area contributed by atoms with Crippen molar-refractivity contribution in [2.24, 2.45) is 0 Å². The van der Waals surface area contributed by atoms with Gasteiger partial charge in [0, 0.05) is 36.3 Å². The van der Waals surface area contributed by atoms with E-state index in [9.17, 15) is 4.79 Å². The Morgan fingerprint density at radius 1 is 1.25 bits per heavy atom. The first kappa shape index (κ1) is 17.8. The summed E-state index contributed by atoms with van der Waals surface area (Å²) in [5.74, 6) is 1.36. The minimum absolute atomic E-state index is 0.0825. The first-order valence-corrected chi connectivity index (χ1v) is 8.81. The highest BCUT2D eigenvalue weighted by atomic mass is 16.5. The summed E-state index contributed by atoms with van der Waals surface area (Å²) in [6, 6.07) is 7.14. The van der Waals surface area contributed by atoms with E-state index in [1.807, 2.05) is 24.3 Å². The molecule has 3 aromatic rings. The number of aromatic nitrogens is 4. The number of hydrogen-bond acceptors (Lipinski definition) is 7. The van der Waals surface area contributed by atoms with Crippen molar-refractivity contribution in [3.8, 4) is 22.8 Å². The van der Waals surface area contributed by atoms with Crippen molar-refractivity contribution in [1.82, 2.24) is 20.2 Å². The molecule has 0 aliphatic carbocycles. The molecule has 1 unspecified atom stereocenters. The lowest BCUT2D eigenvalue weighted by Crippen LogP contribution is -2.34. The fourth-order valence-corrected chi connectivity index (χ4v) is 3.17. The second-order valence-corrected chi connectivity index (χ2v) is 6.29. The highest BCUT2D eigenvalue weighted by Crippen LogP contribution is 2.30. The molecule has 2 aromatic heterocycles. The van der Waals surface area contributed by atoms with E-state index in [4.69, 9.17) is 9.47 Å². The van der Waals surface area contributed by atoms with Crippen LogP contribution in [-0.4, -0.2) is 52.9 Å². The van der Waals surface area contributed by atoms with Crippen LogP contribution < -0.4 is 19.7 Å². The standard InChI is InChI=1S/C19H20N6O3/c1-27-14-5-3-4-13(8-14)23-16-6-7-25(18(16)26)19-20-11-15(17(24-19)28-2)12-9-21-22-10-12/h3-5,8-11,16,23H,6-7H2,1-2H3,(H,21,22). The van der Waals surface area contributed by atoms with Crippen molar-refractivity contribution in [3.05, 3.63) is 42.9 Å². The number of nitrogens with one attached hydrogen (secondary N) is 2. The normalized spacial score (nSPS) is 16.3. The molecule has 1 aliphatic rings. The van der Waals surface area contributed by atoms with E-state index in [2.05, 4.69) is 25.5 Å². The van der Waals surface area contributed by atoms with Crippen molar-refractivity contribution in [1.29, 1.82) is 0 Å². The number of anilines is 2. The molecule has 9 heteroatoms. The molecule has 1 fully saturated rings. The fourth-order valence-electron chi connectivity index (χ4n) is 3.17. The lowest BCUT2D eigenvalue weighted by Gasteiger charge is -2.17. The Labute approximate surface area is 161 Å². The summed E-state index contributed by atoms with van der Waals surface area (Å²) < 4.78 is 10.6. The van der Waals surface area contributed by atoms with Gasteiger partial charge in [-0.3, -0.25) is 14.8 Å². The Morgan fingerprint density at radius 2 is 2.14 bits per heavy atom. The van der Waals surface area contributed by atoms with Gasteiger partial charge in [0.25, 0.3) is 5.91 Å². The van der Waals surface area contributed by atoms with E-state index in [1.54, 1.807) is 30.6 Å². The van der Waals surface area contributed by atoms with Gasteiger partial charge in [-0.15, -0.1) is 0 Å². The maximum Gasteiger partial charge on any atom is 0.251 e. The minimum Gasteiger partial charge on any atom is -0.497 e. The van der Waals surface area contributed by atoms with Crippen LogP contribution >= 0.6 is 0 Å². The van der Waals surface area contributed by atoms with Crippen molar-refractivity contribution < 1.29 is 14.3 Å². The first-order valence-electron chi connectivity index (χ1n) is 8.81. The number of carbonyl (C=O) groups excluding carboxylic acids is 1. The van der Waals surface area contributed by atoms with Crippen LogP contribution in [0, 0.1) is 0 Å². The second kappa shape index (κ2) is 7.55. The van der Waals surface area contributed by atoms with E-state index in [1.165, 1.54) is 7.11 Å². The number of amides is 1. The maximum absolute atomic E-state index is 12.9. The largest absolute Gasteiger partial charge is 0.497 e. The highest BCUT2D eigenvalue weighted by Gasteiger charge is 2.34. The monoisotopic (exact) mass is 380 g/mol. The molecule has 3 heterocycles. The number of H-pyrrole nitrogens is 1. The summed E-state index contributed by atoms with van der Waals surface area (Å²) >= 11 is 0. The van der Waals surface area contributed by atoms with Gasteiger partial charge in [0.2, 0.25) is 11.8 Å². The molecule has 1 amide bonds. The molecule has 1 atom stereocenters. The Balaban J connectivity index is 1.53. The molecule has 2 N–H and O–H groups in total. The van der Waals surface area contributed by atoms with Crippen LogP contribution in [0.4, 0.5) is 11.6 Å². The van der Waals surface area contributed by atoms with E-state index in [0.717, 1.165) is 17.0 Å². The molecule has 1 saturated heterocycles. The zero-order valence-corrected chi connectivity index (χ0v) is 15.5. The number of nitrogens with zero attached hydrogens (tertiary/aromatic N) is 4. The summed E-state index contributed by atoms with van der Waals surface area (Å²) in [6.07, 6.45) is 5.68. The fraction of sp³-hybridized carbons (Fsp3) is 0.263. The average Bonchev–Trinajstić information content (AvgIpc) is 3.38. The van der Waals surface area contributed by atoms with Crippen LogP contribution in [0.3, 0.4) is 0 Å². The predicted octanol–water partition coefficient (Wildman–Crippen LogP) is 2.10. The molecule has 28 heavy (non-hydrogen) atoms. The van der Waals surface area contributed by atoms with E-state index >= 15 is 0 Å². The van der Waals surface area contributed by atoms with Gasteiger partial charge < -0.3 is 14.8 Å². The predicted molar refractivity (Wildman–Crippen MR) is 104 cm³/mol. The zero-order valence-electron chi connectivity index (χ0n) is 15.5. The Kier molecular flexibility index (Phi) is 4.79. The number of carbonyl (C=O) groups is 1. The SMILES string of the molecule is COc1cccc(NC2CCN(c3ncc(-c4cn[nH]c4)c(OC)n3)C2=O)c1. The summed E-state index contributed by atoms with van der Waals surface area (Å²) in [4.78, 5) is 23.2. The van der Waals surface area contributed by atoms with E-state index in [-0.39, 0.29) is 11.9 Å². The molecule has 0 spiro atoms. The van der Waals surface area contributed by atoms with Crippen LogP contribution in [0.5, 0.6) is 11.6 Å². The van der Waals surface area contributed by atoms with Crippen LogP contribution in [0.2, 0.25) is 0 Å². The molecule has 9 nitrogen and oxygen atoms in total. The van der Waals surface area contributed by atoms with Gasteiger partial charge in [-0.1, -0.05) is 6.07 Å². The van der Waals surface area contributed by atoms with Crippen molar-refractivity contribution in [3.63, 3.8) is 0 Å². The summed E-state index contributed by atoms with van der Waals surface area (Å²) in [5.41, 5.74) is 2.35. The lowest BCUT2D eigenvalue weighted by atomic mass is 10.2. The maximum atomic E-state index is 12.9. The number of hydrogen-bond donors (Lipinski definition) is 2. The third-order valence-corrected chi connectivity index (χ3v) is 4.60. The number of aromatic amines is 1. The minimum atomic E-state index is -0.352. The molecule has 0 radical (unpaired) electrons. The van der Waals surface area contributed by atoms with Crippen molar-refractivity contribution in [2.75, 3.05) is 31.0 Å². The lowest BCUT2D eigenvalue weighted by molar-refractivity contribution is -0.117. The molecule has 1 aliphatic heterocycles. The Hall–Kier alpha value is -3.62. The molecular formula is C19H20N6O3. The van der Waals surface area contributed by atoms with Crippen LogP contribution in [-0.2, 0) is 4.79 Å². The average molecular weight is 380 g/mol. The number of benzene rings is 1. The highest BCUT2D eigenvalue weighted by molar-refractivity contribution is 5.99. The van der Waals surface area contributed by atoms with Gasteiger partial charge in [0.1, 0.15) is 11.8 Å². The quantitative estimate of drug-likeness (QED) is 0.675. The van der Waals surface area contributed by atoms with Gasteiger partial charge in [-0.2, -0.15) is 10.1 Å². The smallest absolute Gasteiger partial charge is 0.251 e. The van der Waals surface area contributed by atoms with E-state index < -0.39 is 0 Å². The number of methoxy groups -OCH3 is 2. The van der Waals surface area contributed by atoms with Crippen molar-refractivity contribution in [2.45, 2.75) is 12.5 Å². The molecule has 1 aromatic carbocycles. The Morgan fingerprint density at radius 3 is 2.89 bits per heavy atom. The third-order valence-electron chi connectivity index (χ3n) is 4.60. The summed E-state index contributed by atoms with van der Waals surface area (Å²) in [7, 11) is 3.15. The summed E-state index contributed by atoms with van der Waals surface area (Å²) in [5, 5.41) is 9.94. The van der Waals surface area contributed by atoms with Gasteiger partial charge in [0.15, 0.2) is 0 Å². The second-order valence-electron chi connectivity index (χ2n) is 6.29. The molecule has 0 bridgehead atoms. The first-order chi connectivity index (χ1) is 13.7. The molecule has 4 rings (SSSR count). The third kappa shape index (κ3) is 3.34. The summed E-state index contributed by atoms with van der Waals surface area (Å²) in [6.45, 7) is 0.522. The van der Waals surface area contributed by atoms with Gasteiger partial charge in [-0.25, -0.2) is 4.98 Å². The Bertz CT molecular complexity index is 976. The molecular weight excluding hydrogens is 360 g/mol. The topological polar surface area (TPSA) is 105 Å². The van der Waals surface area contributed by atoms with Gasteiger partial charge in [0.05, 0.1) is 26.0 Å². The van der Waals surface area contributed by atoms with Gasteiger partial charge in [-0.05, 0) is 18.6 Å². The van der Waals surface area contributed by atoms with Crippen LogP contribution in [0.15, 0.2) is 42.9 Å². The van der Waals surface area contributed by atoms with Gasteiger partial charge >= 0.3 is 0 Å². The molecule has 144 valence electrons. The number of rotatable bonds is 6. The number of ether oxygens (including phenoxy) is 2. The van der Waals surface area contributed by atoms with Crippen LogP contribution in [0.25, 0.3) is 11.1 Å². The van der Waals surface area contributed by atoms with E-state index in [0.29, 0.717) is 30.4 Å². The zero-order chi connectivity index (χ0) is 19.5. The van der Waals surface area contributed by atoms with Crippen molar-refractivity contribution >= 4 is 17.5 Å².